The van der Waals surface area contributed by atoms with Crippen molar-refractivity contribution in [1.29, 1.82) is 0 Å². The Bertz CT molecular complexity index is 453. The average molecular weight is 287 g/mol. The molecule has 5 heteroatoms. The molecule has 0 saturated carbocycles. The Kier molecular flexibility index (Phi) is 4.70. The van der Waals surface area contributed by atoms with E-state index in [4.69, 9.17) is 4.74 Å². The summed E-state index contributed by atoms with van der Waals surface area (Å²) in [7, 11) is 0. The molecular formula is C15H20F3NO. The van der Waals surface area contributed by atoms with Gasteiger partial charge in [-0.05, 0) is 43.1 Å². The van der Waals surface area contributed by atoms with Crippen LogP contribution in [0.25, 0.3) is 0 Å². The first-order valence-electron chi connectivity index (χ1n) is 6.92. The molecule has 112 valence electrons. The topological polar surface area (TPSA) is 21.3 Å². The lowest BCUT2D eigenvalue weighted by molar-refractivity contribution is -0.137. The van der Waals surface area contributed by atoms with Gasteiger partial charge >= 0.3 is 6.18 Å². The first-order chi connectivity index (χ1) is 9.43. The molecule has 0 spiro atoms. The summed E-state index contributed by atoms with van der Waals surface area (Å²) in [6, 6.07) is 4.06. The fraction of sp³-hybridized carbons (Fsp3) is 0.600. The number of halogens is 3. The van der Waals surface area contributed by atoms with Crippen molar-refractivity contribution >= 4 is 0 Å². The van der Waals surface area contributed by atoms with Crippen molar-refractivity contribution in [3.8, 4) is 0 Å². The van der Waals surface area contributed by atoms with Gasteiger partial charge in [-0.25, -0.2) is 0 Å². The largest absolute Gasteiger partial charge is 0.416 e. The van der Waals surface area contributed by atoms with Crippen LogP contribution in [0, 0.1) is 12.8 Å². The summed E-state index contributed by atoms with van der Waals surface area (Å²) in [5, 5.41) is 3.38. The van der Waals surface area contributed by atoms with Gasteiger partial charge in [0.2, 0.25) is 0 Å². The van der Waals surface area contributed by atoms with Crippen molar-refractivity contribution < 1.29 is 17.9 Å². The summed E-state index contributed by atoms with van der Waals surface area (Å²) in [6.07, 6.45) is -3.34. The highest BCUT2D eigenvalue weighted by molar-refractivity contribution is 5.35. The number of hydrogen-bond acceptors (Lipinski definition) is 2. The van der Waals surface area contributed by atoms with Gasteiger partial charge < -0.3 is 10.1 Å². The number of ether oxygens (including phenoxy) is 1. The molecule has 1 aliphatic heterocycles. The summed E-state index contributed by atoms with van der Waals surface area (Å²) in [5.41, 5.74) is 1.03. The van der Waals surface area contributed by atoms with Gasteiger partial charge in [-0.15, -0.1) is 0 Å². The third-order valence-electron chi connectivity index (χ3n) is 3.79. The maximum absolute atomic E-state index is 12.7. The normalized spacial score (nSPS) is 21.1. The van der Waals surface area contributed by atoms with Gasteiger partial charge in [0.05, 0.1) is 12.2 Å². The fourth-order valence-corrected chi connectivity index (χ4v) is 2.77. The van der Waals surface area contributed by atoms with E-state index in [9.17, 15) is 13.2 Å². The monoisotopic (exact) mass is 287 g/mol. The van der Waals surface area contributed by atoms with Crippen LogP contribution in [-0.4, -0.2) is 19.8 Å². The second kappa shape index (κ2) is 6.14. The van der Waals surface area contributed by atoms with Crippen LogP contribution >= 0.6 is 0 Å². The molecular weight excluding hydrogens is 267 g/mol. The van der Waals surface area contributed by atoms with E-state index in [-0.39, 0.29) is 6.04 Å². The van der Waals surface area contributed by atoms with Crippen molar-refractivity contribution in [3.05, 3.63) is 34.9 Å². The minimum Gasteiger partial charge on any atom is -0.381 e. The van der Waals surface area contributed by atoms with Crippen LogP contribution in [0.3, 0.4) is 0 Å². The molecule has 2 nitrogen and oxygen atoms in total. The van der Waals surface area contributed by atoms with Gasteiger partial charge in [-0.1, -0.05) is 13.0 Å². The van der Waals surface area contributed by atoms with Crippen LogP contribution in [0.1, 0.15) is 36.1 Å². The van der Waals surface area contributed by atoms with Crippen LogP contribution < -0.4 is 5.32 Å². The summed E-state index contributed by atoms with van der Waals surface area (Å²) in [5.74, 6) is 0.324. The molecule has 2 atom stereocenters. The Hall–Kier alpha value is -1.07. The van der Waals surface area contributed by atoms with Crippen LogP contribution in [0.2, 0.25) is 0 Å². The minimum absolute atomic E-state index is 0.0600. The summed E-state index contributed by atoms with van der Waals surface area (Å²) < 4.78 is 43.5. The first kappa shape index (κ1) is 15.3. The zero-order chi connectivity index (χ0) is 14.8. The standard InChI is InChI=1S/C15H20F3NO/c1-3-19-14(11-6-7-20-9-11)13-5-4-12(8-10(13)2)15(16,17)18/h4-5,8,11,14,19H,3,6-7,9H2,1-2H3. The predicted molar refractivity (Wildman–Crippen MR) is 71.5 cm³/mol. The molecule has 1 aliphatic rings. The van der Waals surface area contributed by atoms with E-state index in [2.05, 4.69) is 5.32 Å². The van der Waals surface area contributed by atoms with Crippen LogP contribution in [0.15, 0.2) is 18.2 Å². The molecule has 0 bridgehead atoms. The molecule has 2 rings (SSSR count). The third kappa shape index (κ3) is 3.33. The van der Waals surface area contributed by atoms with Gasteiger partial charge in [0, 0.05) is 18.6 Å². The molecule has 1 aromatic carbocycles. The molecule has 0 amide bonds. The molecule has 2 unspecified atom stereocenters. The van der Waals surface area contributed by atoms with Crippen molar-refractivity contribution in [3.63, 3.8) is 0 Å². The number of rotatable bonds is 4. The Labute approximate surface area is 117 Å². The second-order valence-corrected chi connectivity index (χ2v) is 5.23. The summed E-state index contributed by atoms with van der Waals surface area (Å²) in [4.78, 5) is 0. The molecule has 0 aromatic heterocycles. The predicted octanol–water partition coefficient (Wildman–Crippen LogP) is 3.70. The fourth-order valence-electron chi connectivity index (χ4n) is 2.77. The van der Waals surface area contributed by atoms with Crippen molar-refractivity contribution in [2.24, 2.45) is 5.92 Å². The molecule has 1 N–H and O–H groups in total. The maximum atomic E-state index is 12.7. The van der Waals surface area contributed by atoms with Crippen LogP contribution in [0.4, 0.5) is 13.2 Å². The van der Waals surface area contributed by atoms with E-state index in [1.807, 2.05) is 6.92 Å². The molecule has 0 radical (unpaired) electrons. The number of aryl methyl sites for hydroxylation is 1. The lowest BCUT2D eigenvalue weighted by Crippen LogP contribution is -2.29. The Morgan fingerprint density at radius 1 is 1.40 bits per heavy atom. The Balaban J connectivity index is 2.29. The van der Waals surface area contributed by atoms with E-state index in [0.29, 0.717) is 18.1 Å². The molecule has 1 fully saturated rings. The molecule has 1 aromatic rings. The molecule has 20 heavy (non-hydrogen) atoms. The Morgan fingerprint density at radius 3 is 2.65 bits per heavy atom. The highest BCUT2D eigenvalue weighted by Gasteiger charge is 2.32. The van der Waals surface area contributed by atoms with Crippen molar-refractivity contribution in [2.45, 2.75) is 32.5 Å². The number of nitrogens with one attached hydrogen (secondary N) is 1. The third-order valence-corrected chi connectivity index (χ3v) is 3.79. The van der Waals surface area contributed by atoms with Crippen molar-refractivity contribution in [1.82, 2.24) is 5.32 Å². The van der Waals surface area contributed by atoms with Gasteiger partial charge in [-0.3, -0.25) is 0 Å². The zero-order valence-electron chi connectivity index (χ0n) is 11.8. The van der Waals surface area contributed by atoms with Gasteiger partial charge in [0.25, 0.3) is 0 Å². The lowest BCUT2D eigenvalue weighted by Gasteiger charge is -2.26. The Morgan fingerprint density at radius 2 is 2.15 bits per heavy atom. The van der Waals surface area contributed by atoms with E-state index >= 15 is 0 Å². The number of alkyl halides is 3. The van der Waals surface area contributed by atoms with Gasteiger partial charge in [0.15, 0.2) is 0 Å². The number of benzene rings is 1. The first-order valence-corrected chi connectivity index (χ1v) is 6.92. The van der Waals surface area contributed by atoms with E-state index in [1.54, 1.807) is 13.0 Å². The van der Waals surface area contributed by atoms with E-state index < -0.39 is 11.7 Å². The van der Waals surface area contributed by atoms with Crippen LogP contribution in [-0.2, 0) is 10.9 Å². The van der Waals surface area contributed by atoms with Gasteiger partial charge in [-0.2, -0.15) is 13.2 Å². The minimum atomic E-state index is -4.28. The highest BCUT2D eigenvalue weighted by atomic mass is 19.4. The maximum Gasteiger partial charge on any atom is 0.416 e. The SMILES string of the molecule is CCNC(c1ccc(C(F)(F)F)cc1C)C1CCOC1. The van der Waals surface area contributed by atoms with E-state index in [1.165, 1.54) is 12.1 Å². The summed E-state index contributed by atoms with van der Waals surface area (Å²) >= 11 is 0. The quantitative estimate of drug-likeness (QED) is 0.911. The molecule has 0 aliphatic carbocycles. The highest BCUT2D eigenvalue weighted by Crippen LogP contribution is 2.35. The smallest absolute Gasteiger partial charge is 0.381 e. The molecule has 1 saturated heterocycles. The second-order valence-electron chi connectivity index (χ2n) is 5.23. The zero-order valence-corrected chi connectivity index (χ0v) is 11.8. The lowest BCUT2D eigenvalue weighted by atomic mass is 9.89. The van der Waals surface area contributed by atoms with Crippen molar-refractivity contribution in [2.75, 3.05) is 19.8 Å². The van der Waals surface area contributed by atoms with E-state index in [0.717, 1.165) is 25.1 Å². The van der Waals surface area contributed by atoms with Gasteiger partial charge in [0.1, 0.15) is 0 Å². The average Bonchev–Trinajstić information content (AvgIpc) is 2.89. The number of hydrogen-bond donors (Lipinski definition) is 1. The molecule has 1 heterocycles. The van der Waals surface area contributed by atoms with Crippen LogP contribution in [0.5, 0.6) is 0 Å². The summed E-state index contributed by atoms with van der Waals surface area (Å²) in [6.45, 7) is 5.92.